The molecule has 0 aliphatic carbocycles. The Kier molecular flexibility index (Phi) is 3.99. The van der Waals surface area contributed by atoms with Crippen molar-refractivity contribution in [2.45, 2.75) is 20.8 Å². The number of rotatable bonds is 4. The molecule has 0 radical (unpaired) electrons. The van der Waals surface area contributed by atoms with Gasteiger partial charge in [0.2, 0.25) is 0 Å². The third-order valence-electron chi connectivity index (χ3n) is 2.27. The van der Waals surface area contributed by atoms with E-state index in [9.17, 15) is 4.79 Å². The van der Waals surface area contributed by atoms with Gasteiger partial charge in [0.05, 0.1) is 18.4 Å². The highest BCUT2D eigenvalue weighted by Gasteiger charge is 2.14. The number of carbonyl (C=O) groups is 1. The minimum absolute atomic E-state index is 0.0822. The molecule has 0 bridgehead atoms. The molecular formula is C13H19NO3. The summed E-state index contributed by atoms with van der Waals surface area (Å²) in [7, 11) is 1.56. The molecule has 0 unspecified atom stereocenters. The Balaban J connectivity index is 2.97. The lowest BCUT2D eigenvalue weighted by Gasteiger charge is -2.20. The first-order valence-corrected chi connectivity index (χ1v) is 5.49. The number of carboxylic acids is 1. The molecule has 0 heterocycles. The number of aromatic carboxylic acids is 1. The Hall–Kier alpha value is -1.71. The Morgan fingerprint density at radius 1 is 1.41 bits per heavy atom. The van der Waals surface area contributed by atoms with Crippen LogP contribution in [0.1, 0.15) is 31.1 Å². The van der Waals surface area contributed by atoms with Gasteiger partial charge in [-0.1, -0.05) is 20.8 Å². The van der Waals surface area contributed by atoms with Gasteiger partial charge >= 0.3 is 5.97 Å². The van der Waals surface area contributed by atoms with Crippen LogP contribution in [0.2, 0.25) is 0 Å². The van der Waals surface area contributed by atoms with Gasteiger partial charge in [0, 0.05) is 12.6 Å². The summed E-state index contributed by atoms with van der Waals surface area (Å²) in [6.07, 6.45) is 0. The lowest BCUT2D eigenvalue weighted by molar-refractivity contribution is 0.0698. The first-order valence-electron chi connectivity index (χ1n) is 5.49. The normalized spacial score (nSPS) is 11.1. The van der Waals surface area contributed by atoms with Crippen LogP contribution in [-0.2, 0) is 0 Å². The van der Waals surface area contributed by atoms with Crippen molar-refractivity contribution in [3.8, 4) is 5.75 Å². The molecular weight excluding hydrogens is 218 g/mol. The summed E-state index contributed by atoms with van der Waals surface area (Å²) < 4.78 is 5.09. The lowest BCUT2D eigenvalue weighted by atomic mass is 9.96. The van der Waals surface area contributed by atoms with Gasteiger partial charge in [-0.25, -0.2) is 4.79 Å². The van der Waals surface area contributed by atoms with Crippen LogP contribution in [0.5, 0.6) is 5.75 Å². The number of ether oxygens (including phenoxy) is 1. The molecule has 4 nitrogen and oxygen atoms in total. The monoisotopic (exact) mass is 237 g/mol. The van der Waals surface area contributed by atoms with Gasteiger partial charge in [-0.05, 0) is 17.5 Å². The van der Waals surface area contributed by atoms with E-state index in [2.05, 4.69) is 26.1 Å². The number of hydrogen-bond donors (Lipinski definition) is 2. The Morgan fingerprint density at radius 3 is 2.53 bits per heavy atom. The van der Waals surface area contributed by atoms with Gasteiger partial charge in [0.25, 0.3) is 0 Å². The lowest BCUT2D eigenvalue weighted by Crippen LogP contribution is -2.20. The minimum atomic E-state index is -0.941. The molecule has 0 spiro atoms. The van der Waals surface area contributed by atoms with E-state index >= 15 is 0 Å². The largest absolute Gasteiger partial charge is 0.497 e. The summed E-state index contributed by atoms with van der Waals surface area (Å²) >= 11 is 0. The van der Waals surface area contributed by atoms with E-state index in [1.54, 1.807) is 25.3 Å². The number of nitrogens with one attached hydrogen (secondary N) is 1. The van der Waals surface area contributed by atoms with E-state index in [4.69, 9.17) is 9.84 Å². The van der Waals surface area contributed by atoms with Crippen LogP contribution in [0.3, 0.4) is 0 Å². The van der Waals surface area contributed by atoms with Crippen molar-refractivity contribution >= 4 is 11.7 Å². The third kappa shape index (κ3) is 3.98. The zero-order valence-electron chi connectivity index (χ0n) is 10.7. The number of carboxylic acid groups (broad SMARTS) is 1. The summed E-state index contributed by atoms with van der Waals surface area (Å²) in [5.41, 5.74) is 0.931. The zero-order chi connectivity index (χ0) is 13.1. The molecule has 2 N–H and O–H groups in total. The predicted octanol–water partition coefficient (Wildman–Crippen LogP) is 2.85. The van der Waals surface area contributed by atoms with E-state index in [1.807, 2.05) is 0 Å². The highest BCUT2D eigenvalue weighted by Crippen LogP contribution is 2.24. The Bertz CT molecular complexity index is 408. The SMILES string of the molecule is COc1ccc(C(=O)O)c(NCC(C)(C)C)c1. The quantitative estimate of drug-likeness (QED) is 0.845. The highest BCUT2D eigenvalue weighted by molar-refractivity contribution is 5.94. The molecule has 0 saturated heterocycles. The van der Waals surface area contributed by atoms with Crippen LogP contribution in [0.25, 0.3) is 0 Å². The standard InChI is InChI=1S/C13H19NO3/c1-13(2,3)8-14-11-7-9(17-4)5-6-10(11)12(15)16/h5-7,14H,8H2,1-4H3,(H,15,16). The van der Waals surface area contributed by atoms with Crippen LogP contribution >= 0.6 is 0 Å². The molecule has 1 aromatic rings. The molecule has 94 valence electrons. The average molecular weight is 237 g/mol. The van der Waals surface area contributed by atoms with Gasteiger partial charge in [0.15, 0.2) is 0 Å². The Morgan fingerprint density at radius 2 is 2.06 bits per heavy atom. The molecule has 17 heavy (non-hydrogen) atoms. The maximum Gasteiger partial charge on any atom is 0.337 e. The van der Waals surface area contributed by atoms with Crippen molar-refractivity contribution < 1.29 is 14.6 Å². The molecule has 1 rings (SSSR count). The van der Waals surface area contributed by atoms with Crippen molar-refractivity contribution in [2.75, 3.05) is 19.0 Å². The highest BCUT2D eigenvalue weighted by atomic mass is 16.5. The van der Waals surface area contributed by atoms with Crippen LogP contribution in [0, 0.1) is 5.41 Å². The van der Waals surface area contributed by atoms with E-state index in [0.717, 1.165) is 0 Å². The first-order chi connectivity index (χ1) is 7.83. The minimum Gasteiger partial charge on any atom is -0.497 e. The van der Waals surface area contributed by atoms with Crippen molar-refractivity contribution in [1.29, 1.82) is 0 Å². The summed E-state index contributed by atoms with van der Waals surface area (Å²) in [5, 5.41) is 12.2. The van der Waals surface area contributed by atoms with Gasteiger partial charge in [-0.2, -0.15) is 0 Å². The summed E-state index contributed by atoms with van der Waals surface area (Å²) in [5.74, 6) is -0.296. The molecule has 0 atom stereocenters. The second kappa shape index (κ2) is 5.08. The number of hydrogen-bond acceptors (Lipinski definition) is 3. The van der Waals surface area contributed by atoms with Crippen LogP contribution in [0.4, 0.5) is 5.69 Å². The topological polar surface area (TPSA) is 58.6 Å². The second-order valence-corrected chi connectivity index (χ2v) is 5.13. The molecule has 0 saturated carbocycles. The fourth-order valence-corrected chi connectivity index (χ4v) is 1.34. The molecule has 4 heteroatoms. The maximum atomic E-state index is 11.1. The maximum absolute atomic E-state index is 11.1. The van der Waals surface area contributed by atoms with Crippen LogP contribution in [0.15, 0.2) is 18.2 Å². The first kappa shape index (κ1) is 13.4. The van der Waals surface area contributed by atoms with Crippen molar-refractivity contribution in [3.05, 3.63) is 23.8 Å². The molecule has 0 aliphatic rings. The van der Waals surface area contributed by atoms with Gasteiger partial charge in [0.1, 0.15) is 5.75 Å². The van der Waals surface area contributed by atoms with Crippen molar-refractivity contribution in [2.24, 2.45) is 5.41 Å². The summed E-state index contributed by atoms with van der Waals surface area (Å²) in [6, 6.07) is 4.90. The molecule has 0 aliphatic heterocycles. The Labute approximate surface area is 102 Å². The van der Waals surface area contributed by atoms with E-state index in [-0.39, 0.29) is 11.0 Å². The second-order valence-electron chi connectivity index (χ2n) is 5.13. The number of anilines is 1. The zero-order valence-corrected chi connectivity index (χ0v) is 10.7. The van der Waals surface area contributed by atoms with E-state index < -0.39 is 5.97 Å². The number of methoxy groups -OCH3 is 1. The van der Waals surface area contributed by atoms with Gasteiger partial charge in [-0.15, -0.1) is 0 Å². The summed E-state index contributed by atoms with van der Waals surface area (Å²) in [4.78, 5) is 11.1. The fourth-order valence-electron chi connectivity index (χ4n) is 1.34. The third-order valence-corrected chi connectivity index (χ3v) is 2.27. The number of benzene rings is 1. The molecule has 0 amide bonds. The van der Waals surface area contributed by atoms with Gasteiger partial charge < -0.3 is 15.2 Å². The van der Waals surface area contributed by atoms with Crippen molar-refractivity contribution in [1.82, 2.24) is 0 Å². The van der Waals surface area contributed by atoms with E-state index in [0.29, 0.717) is 18.0 Å². The average Bonchev–Trinajstić information content (AvgIpc) is 2.24. The smallest absolute Gasteiger partial charge is 0.337 e. The summed E-state index contributed by atoms with van der Waals surface area (Å²) in [6.45, 7) is 6.95. The van der Waals surface area contributed by atoms with Crippen LogP contribution < -0.4 is 10.1 Å². The molecule has 0 fully saturated rings. The van der Waals surface area contributed by atoms with Gasteiger partial charge in [-0.3, -0.25) is 0 Å². The van der Waals surface area contributed by atoms with Crippen molar-refractivity contribution in [3.63, 3.8) is 0 Å². The van der Waals surface area contributed by atoms with Crippen LogP contribution in [-0.4, -0.2) is 24.7 Å². The fraction of sp³-hybridized carbons (Fsp3) is 0.462. The van der Waals surface area contributed by atoms with E-state index in [1.165, 1.54) is 0 Å². The predicted molar refractivity (Wildman–Crippen MR) is 67.9 cm³/mol. The molecule has 0 aromatic heterocycles. The molecule has 1 aromatic carbocycles.